The number of para-hydroxylation sites is 1. The van der Waals surface area contributed by atoms with Crippen molar-refractivity contribution in [2.45, 2.75) is 25.7 Å². The van der Waals surface area contributed by atoms with E-state index >= 15 is 0 Å². The Bertz CT molecular complexity index is 2750. The van der Waals surface area contributed by atoms with E-state index in [4.69, 9.17) is 9.97 Å². The number of hydrogen-bond donors (Lipinski definition) is 0. The van der Waals surface area contributed by atoms with Gasteiger partial charge in [0.1, 0.15) is 5.65 Å². The fourth-order valence-corrected chi connectivity index (χ4v) is 8.26. The number of benzene rings is 6. The number of rotatable bonds is 4. The van der Waals surface area contributed by atoms with Gasteiger partial charge in [0.15, 0.2) is 5.82 Å². The summed E-state index contributed by atoms with van der Waals surface area (Å²) in [5, 5.41) is 22.9. The third-order valence-corrected chi connectivity index (χ3v) is 10.4. The Morgan fingerprint density at radius 1 is 0.588 bits per heavy atom. The number of fused-ring (bicyclic) bond motifs is 5. The van der Waals surface area contributed by atoms with E-state index in [1.54, 1.807) is 0 Å². The van der Waals surface area contributed by atoms with Gasteiger partial charge in [-0.1, -0.05) is 122 Å². The first-order valence-corrected chi connectivity index (χ1v) is 17.2. The van der Waals surface area contributed by atoms with E-state index in [2.05, 4.69) is 109 Å². The molecule has 0 N–H and O–H groups in total. The number of aromatic nitrogens is 3. The van der Waals surface area contributed by atoms with Gasteiger partial charge in [-0.3, -0.25) is 4.57 Å². The van der Waals surface area contributed by atoms with Gasteiger partial charge in [0.25, 0.3) is 0 Å². The SMILES string of the molecule is Cc1cccc(C#N)c1C1c2cccc(-n3c4ccccc4c4c(-c5ccccc5)nc(-c5ccccc5)nc43)c2C(C)c2cccc(C#N)c21. The van der Waals surface area contributed by atoms with Gasteiger partial charge in [-0.05, 0) is 64.6 Å². The van der Waals surface area contributed by atoms with E-state index in [0.29, 0.717) is 17.0 Å². The predicted molar refractivity (Wildman–Crippen MR) is 203 cm³/mol. The van der Waals surface area contributed by atoms with Crippen molar-refractivity contribution in [2.24, 2.45) is 0 Å². The minimum atomic E-state index is -0.305. The van der Waals surface area contributed by atoms with E-state index in [1.165, 1.54) is 0 Å². The fraction of sp³-hybridized carbons (Fsp3) is 0.0870. The summed E-state index contributed by atoms with van der Waals surface area (Å²) in [6.07, 6.45) is 0. The van der Waals surface area contributed by atoms with Crippen molar-refractivity contribution >= 4 is 21.9 Å². The molecule has 1 aliphatic carbocycles. The largest absolute Gasteiger partial charge is 0.293 e. The lowest BCUT2D eigenvalue weighted by Gasteiger charge is -2.36. The standard InChI is InChI=1S/C46H31N5/c1-28-14-11-19-32(26-47)39(28)42-36-23-13-25-38(40(36)29(2)34-22-12-20-33(27-48)41(34)42)51-37-24-10-9-21-35(37)43-44(30-15-5-3-6-16-30)49-45(50-46(43)51)31-17-7-4-8-18-31/h3-25,29,42H,1-2H3. The Hall–Kier alpha value is -6.82. The maximum absolute atomic E-state index is 10.4. The van der Waals surface area contributed by atoms with Gasteiger partial charge >= 0.3 is 0 Å². The van der Waals surface area contributed by atoms with Gasteiger partial charge < -0.3 is 0 Å². The maximum atomic E-state index is 10.4. The van der Waals surface area contributed by atoms with Crippen LogP contribution < -0.4 is 0 Å². The van der Waals surface area contributed by atoms with Crippen molar-refractivity contribution in [3.63, 3.8) is 0 Å². The summed E-state index contributed by atoms with van der Waals surface area (Å²) in [5.74, 6) is 0.301. The molecule has 0 fully saturated rings. The van der Waals surface area contributed by atoms with Gasteiger partial charge in [0, 0.05) is 28.3 Å². The second-order valence-electron chi connectivity index (χ2n) is 13.2. The van der Waals surface area contributed by atoms with Crippen molar-refractivity contribution in [3.05, 3.63) is 184 Å². The van der Waals surface area contributed by atoms with E-state index in [9.17, 15) is 10.5 Å². The van der Waals surface area contributed by atoms with Crippen LogP contribution in [0.5, 0.6) is 0 Å². The predicted octanol–water partition coefficient (Wildman–Crippen LogP) is 10.6. The number of hydrogen-bond acceptors (Lipinski definition) is 4. The van der Waals surface area contributed by atoms with Crippen LogP contribution >= 0.6 is 0 Å². The molecule has 2 atom stereocenters. The molecule has 240 valence electrons. The average molecular weight is 654 g/mol. The van der Waals surface area contributed by atoms with Crippen LogP contribution in [0, 0.1) is 29.6 Å². The first kappa shape index (κ1) is 30.3. The molecular weight excluding hydrogens is 623 g/mol. The topological polar surface area (TPSA) is 78.3 Å². The van der Waals surface area contributed by atoms with Crippen molar-refractivity contribution in [3.8, 4) is 40.5 Å². The highest BCUT2D eigenvalue weighted by molar-refractivity contribution is 6.14. The summed E-state index contributed by atoms with van der Waals surface area (Å²) >= 11 is 0. The summed E-state index contributed by atoms with van der Waals surface area (Å²) in [4.78, 5) is 10.6. The van der Waals surface area contributed by atoms with Gasteiger partial charge in [-0.25, -0.2) is 9.97 Å². The Balaban J connectivity index is 1.42. The van der Waals surface area contributed by atoms with Crippen LogP contribution in [0.1, 0.15) is 63.3 Å². The van der Waals surface area contributed by atoms with Crippen LogP contribution in [0.25, 0.3) is 50.3 Å². The van der Waals surface area contributed by atoms with Crippen LogP contribution in [0.4, 0.5) is 0 Å². The second kappa shape index (κ2) is 11.9. The molecular formula is C46H31N5. The smallest absolute Gasteiger partial charge is 0.162 e. The van der Waals surface area contributed by atoms with Gasteiger partial charge in [-0.2, -0.15) is 10.5 Å². The molecule has 5 heteroatoms. The Morgan fingerprint density at radius 2 is 1.22 bits per heavy atom. The molecule has 9 rings (SSSR count). The molecule has 0 amide bonds. The fourth-order valence-electron chi connectivity index (χ4n) is 8.26. The first-order valence-electron chi connectivity index (χ1n) is 17.2. The van der Waals surface area contributed by atoms with Crippen molar-refractivity contribution in [2.75, 3.05) is 0 Å². The Kier molecular flexibility index (Phi) is 7.09. The molecule has 0 saturated heterocycles. The second-order valence-corrected chi connectivity index (χ2v) is 13.2. The van der Waals surface area contributed by atoms with E-state index in [-0.39, 0.29) is 11.8 Å². The summed E-state index contributed by atoms with van der Waals surface area (Å²) in [5.41, 5.74) is 13.3. The zero-order valence-corrected chi connectivity index (χ0v) is 28.2. The minimum absolute atomic E-state index is 0.0504. The van der Waals surface area contributed by atoms with Gasteiger partial charge in [0.05, 0.1) is 45.5 Å². The molecule has 6 aromatic carbocycles. The maximum Gasteiger partial charge on any atom is 0.162 e. The summed E-state index contributed by atoms with van der Waals surface area (Å²) in [6.45, 7) is 4.29. The van der Waals surface area contributed by atoms with Gasteiger partial charge in [0.2, 0.25) is 0 Å². The number of aryl methyl sites for hydroxylation is 1. The Morgan fingerprint density at radius 3 is 1.96 bits per heavy atom. The monoisotopic (exact) mass is 653 g/mol. The summed E-state index contributed by atoms with van der Waals surface area (Å²) in [6, 6.07) is 52.3. The van der Waals surface area contributed by atoms with Crippen LogP contribution in [0.2, 0.25) is 0 Å². The molecule has 0 aliphatic heterocycles. The van der Waals surface area contributed by atoms with Crippen molar-refractivity contribution in [1.29, 1.82) is 10.5 Å². The lowest BCUT2D eigenvalue weighted by Crippen LogP contribution is -2.22. The molecule has 2 aromatic heterocycles. The molecule has 0 saturated carbocycles. The van der Waals surface area contributed by atoms with Crippen molar-refractivity contribution < 1.29 is 0 Å². The highest BCUT2D eigenvalue weighted by Gasteiger charge is 2.37. The van der Waals surface area contributed by atoms with Crippen LogP contribution in [0.15, 0.2) is 140 Å². The molecule has 8 aromatic rings. The number of nitrogens with zero attached hydrogens (tertiary/aromatic N) is 5. The zero-order chi connectivity index (χ0) is 34.6. The number of nitriles is 2. The van der Waals surface area contributed by atoms with Crippen molar-refractivity contribution in [1.82, 2.24) is 14.5 Å². The van der Waals surface area contributed by atoms with Crippen LogP contribution in [-0.4, -0.2) is 14.5 Å². The van der Waals surface area contributed by atoms with E-state index in [0.717, 1.165) is 77.8 Å². The molecule has 1 aliphatic rings. The summed E-state index contributed by atoms with van der Waals surface area (Å²) < 4.78 is 2.31. The van der Waals surface area contributed by atoms with Crippen LogP contribution in [-0.2, 0) is 0 Å². The highest BCUT2D eigenvalue weighted by atomic mass is 15.1. The molecule has 0 spiro atoms. The zero-order valence-electron chi connectivity index (χ0n) is 28.2. The molecule has 2 unspecified atom stereocenters. The third kappa shape index (κ3) is 4.60. The van der Waals surface area contributed by atoms with Crippen LogP contribution in [0.3, 0.4) is 0 Å². The lowest BCUT2D eigenvalue weighted by molar-refractivity contribution is 0.780. The normalized spacial score (nSPS) is 14.8. The molecule has 2 heterocycles. The van der Waals surface area contributed by atoms with Gasteiger partial charge in [-0.15, -0.1) is 0 Å². The highest BCUT2D eigenvalue weighted by Crippen LogP contribution is 2.51. The van der Waals surface area contributed by atoms with E-state index in [1.807, 2.05) is 60.7 Å². The minimum Gasteiger partial charge on any atom is -0.293 e. The average Bonchev–Trinajstić information content (AvgIpc) is 3.52. The first-order chi connectivity index (χ1) is 25.1. The quantitative estimate of drug-likeness (QED) is 0.189. The van der Waals surface area contributed by atoms with E-state index < -0.39 is 0 Å². The molecule has 51 heavy (non-hydrogen) atoms. The molecule has 0 bridgehead atoms. The summed E-state index contributed by atoms with van der Waals surface area (Å²) in [7, 11) is 0. The molecule has 5 nitrogen and oxygen atoms in total. The molecule has 0 radical (unpaired) electrons. The Labute approximate surface area is 296 Å². The lowest BCUT2D eigenvalue weighted by atomic mass is 9.67. The third-order valence-electron chi connectivity index (χ3n) is 10.4.